The Bertz CT molecular complexity index is 1000. The van der Waals surface area contributed by atoms with Gasteiger partial charge in [-0.25, -0.2) is 0 Å². The second-order valence-corrected chi connectivity index (χ2v) is 8.64. The first-order valence-corrected chi connectivity index (χ1v) is 11.8. The van der Waals surface area contributed by atoms with Gasteiger partial charge in [-0.1, -0.05) is 12.1 Å². The minimum Gasteiger partial charge on any atom is -0.504 e. The smallest absolute Gasteiger partial charge is 0.229 e. The third kappa shape index (κ3) is 6.80. The van der Waals surface area contributed by atoms with Crippen molar-refractivity contribution in [2.75, 3.05) is 26.9 Å². The van der Waals surface area contributed by atoms with Crippen LogP contribution in [0.25, 0.3) is 0 Å². The maximum absolute atomic E-state index is 10.9. The summed E-state index contributed by atoms with van der Waals surface area (Å²) >= 11 is 0. The summed E-state index contributed by atoms with van der Waals surface area (Å²) in [5.74, 6) is 0.0592. The number of ether oxygens (including phenoxy) is 4. The van der Waals surface area contributed by atoms with Gasteiger partial charge >= 0.3 is 0 Å². The Morgan fingerprint density at radius 2 is 1.65 bits per heavy atom. The van der Waals surface area contributed by atoms with Gasteiger partial charge in [-0.05, 0) is 48.2 Å². The van der Waals surface area contributed by atoms with Gasteiger partial charge in [0.1, 0.15) is 30.5 Å². The van der Waals surface area contributed by atoms with E-state index < -0.39 is 56.1 Å². The number of rotatable bonds is 12. The molecule has 1 aliphatic heterocycles. The molecule has 1 fully saturated rings. The van der Waals surface area contributed by atoms with E-state index in [1.165, 1.54) is 37.4 Å². The minimum atomic E-state index is -1.62. The molecule has 1 saturated heterocycles. The Kier molecular flexibility index (Phi) is 10.3. The number of phenolic OH excluding ortho intramolecular Hbond substituents is 1. The highest BCUT2D eigenvalue weighted by Crippen LogP contribution is 2.36. The summed E-state index contributed by atoms with van der Waals surface area (Å²) in [6.45, 7) is -1.18. The van der Waals surface area contributed by atoms with Crippen LogP contribution in [0.3, 0.4) is 0 Å². The number of methoxy groups -OCH3 is 1. The van der Waals surface area contributed by atoms with E-state index >= 15 is 0 Å². The summed E-state index contributed by atoms with van der Waals surface area (Å²) in [4.78, 5) is 0. The fraction of sp³-hybridized carbons (Fsp3) is 0.520. The van der Waals surface area contributed by atoms with Crippen LogP contribution in [0.5, 0.6) is 23.0 Å². The average Bonchev–Trinajstić information content (AvgIpc) is 2.91. The summed E-state index contributed by atoms with van der Waals surface area (Å²) in [5, 5.41) is 79.4. The zero-order chi connectivity index (χ0) is 27.1. The van der Waals surface area contributed by atoms with Crippen LogP contribution in [0.4, 0.5) is 0 Å². The molecule has 8 N–H and O–H groups in total. The summed E-state index contributed by atoms with van der Waals surface area (Å²) in [6.07, 6.45) is -8.78. The quantitative estimate of drug-likeness (QED) is 0.168. The minimum absolute atomic E-state index is 0.0214. The second-order valence-electron chi connectivity index (χ2n) is 8.64. The van der Waals surface area contributed by atoms with E-state index in [4.69, 9.17) is 24.1 Å². The first kappa shape index (κ1) is 28.9. The highest BCUT2D eigenvalue weighted by Gasteiger charge is 2.45. The zero-order valence-electron chi connectivity index (χ0n) is 20.3. The number of phenols is 1. The molecule has 37 heavy (non-hydrogen) atoms. The lowest BCUT2D eigenvalue weighted by Gasteiger charge is -2.39. The van der Waals surface area contributed by atoms with Gasteiger partial charge in [-0.3, -0.25) is 0 Å². The van der Waals surface area contributed by atoms with Gasteiger partial charge in [0, 0.05) is 6.61 Å². The third-order valence-electron chi connectivity index (χ3n) is 6.08. The molecule has 7 atom stereocenters. The van der Waals surface area contributed by atoms with Crippen molar-refractivity contribution in [3.05, 3.63) is 47.5 Å². The molecule has 12 nitrogen and oxygen atoms in total. The first-order valence-electron chi connectivity index (χ1n) is 11.8. The Morgan fingerprint density at radius 3 is 2.27 bits per heavy atom. The summed E-state index contributed by atoms with van der Waals surface area (Å²) in [6, 6.07) is 8.97. The van der Waals surface area contributed by atoms with Crippen LogP contribution in [0.2, 0.25) is 0 Å². The van der Waals surface area contributed by atoms with Crippen LogP contribution in [0.15, 0.2) is 36.4 Å². The van der Waals surface area contributed by atoms with Crippen molar-refractivity contribution in [2.24, 2.45) is 0 Å². The summed E-state index contributed by atoms with van der Waals surface area (Å²) in [5.41, 5.74) is 1.07. The predicted octanol–water partition coefficient (Wildman–Crippen LogP) is -1.02. The lowest BCUT2D eigenvalue weighted by atomic mass is 9.99. The maximum Gasteiger partial charge on any atom is 0.229 e. The van der Waals surface area contributed by atoms with E-state index in [1.54, 1.807) is 6.07 Å². The predicted molar refractivity (Wildman–Crippen MR) is 127 cm³/mol. The fourth-order valence-corrected chi connectivity index (χ4v) is 3.94. The number of aryl methyl sites for hydroxylation is 1. The van der Waals surface area contributed by atoms with Crippen LogP contribution < -0.4 is 14.2 Å². The molecule has 1 heterocycles. The molecule has 0 bridgehead atoms. The topological polar surface area (TPSA) is 199 Å². The third-order valence-corrected chi connectivity index (χ3v) is 6.08. The van der Waals surface area contributed by atoms with Gasteiger partial charge in [0.2, 0.25) is 6.29 Å². The van der Waals surface area contributed by atoms with Crippen LogP contribution in [-0.4, -0.2) is 105 Å². The van der Waals surface area contributed by atoms with Crippen molar-refractivity contribution >= 4 is 0 Å². The van der Waals surface area contributed by atoms with Crippen molar-refractivity contribution in [3.63, 3.8) is 0 Å². The molecular weight excluding hydrogens is 492 g/mol. The number of hydrogen-bond donors (Lipinski definition) is 8. The van der Waals surface area contributed by atoms with Gasteiger partial charge in [0.05, 0.1) is 20.3 Å². The molecule has 0 aromatic heterocycles. The molecule has 206 valence electrons. The van der Waals surface area contributed by atoms with Crippen LogP contribution in [0, 0.1) is 0 Å². The van der Waals surface area contributed by atoms with E-state index in [-0.39, 0.29) is 35.2 Å². The SMILES string of the molecule is COc1cc([C@@H](O)[C@H](CO)Oc2ccc(CCCO)cc2O)ccc1O[C@@H]1O[C@H](CO)[C@@H](O)[C@H](O)[C@H]1O. The maximum atomic E-state index is 10.9. The normalized spacial score (nSPS) is 25.4. The molecular formula is C25H34O12. The highest BCUT2D eigenvalue weighted by molar-refractivity contribution is 5.45. The number of hydrogen-bond acceptors (Lipinski definition) is 12. The Hall–Kier alpha value is -2.68. The number of aromatic hydroxyl groups is 1. The molecule has 0 radical (unpaired) electrons. The molecule has 12 heteroatoms. The van der Waals surface area contributed by atoms with Crippen LogP contribution >= 0.6 is 0 Å². The van der Waals surface area contributed by atoms with Gasteiger partial charge in [0.15, 0.2) is 29.1 Å². The van der Waals surface area contributed by atoms with E-state index in [0.717, 1.165) is 5.56 Å². The molecule has 0 spiro atoms. The summed E-state index contributed by atoms with van der Waals surface area (Å²) in [7, 11) is 1.34. The number of aliphatic hydroxyl groups is 7. The molecule has 3 rings (SSSR count). The van der Waals surface area contributed by atoms with Crippen molar-refractivity contribution in [1.82, 2.24) is 0 Å². The molecule has 0 saturated carbocycles. The van der Waals surface area contributed by atoms with E-state index in [1.807, 2.05) is 0 Å². The first-order chi connectivity index (χ1) is 17.7. The van der Waals surface area contributed by atoms with Gasteiger partial charge in [-0.2, -0.15) is 0 Å². The number of benzene rings is 2. The van der Waals surface area contributed by atoms with Gasteiger partial charge in [-0.15, -0.1) is 0 Å². The Morgan fingerprint density at radius 1 is 0.919 bits per heavy atom. The molecule has 1 aliphatic rings. The Balaban J connectivity index is 1.74. The largest absolute Gasteiger partial charge is 0.504 e. The van der Waals surface area contributed by atoms with Crippen LogP contribution in [-0.2, 0) is 11.2 Å². The lowest BCUT2D eigenvalue weighted by Crippen LogP contribution is -2.60. The average molecular weight is 527 g/mol. The molecule has 2 aromatic rings. The molecule has 0 aliphatic carbocycles. The Labute approximate surface area is 213 Å². The monoisotopic (exact) mass is 526 g/mol. The molecule has 2 aromatic carbocycles. The zero-order valence-corrected chi connectivity index (χ0v) is 20.3. The fourth-order valence-electron chi connectivity index (χ4n) is 3.94. The van der Waals surface area contributed by atoms with Gasteiger partial charge in [0.25, 0.3) is 0 Å². The van der Waals surface area contributed by atoms with Gasteiger partial charge < -0.3 is 59.8 Å². The molecule has 0 unspecified atom stereocenters. The standard InChI is InChI=1S/C25H34O12/c1-34-18-10-14(5-7-17(18)36-25-24(33)23(32)22(31)20(12-28)37-25)21(30)19(11-27)35-16-6-4-13(3-2-8-26)9-15(16)29/h4-7,9-10,19-33H,2-3,8,11-12H2,1H3/t19-,20+,21+,22+,23-,24+,25+/m0/s1. The van der Waals surface area contributed by atoms with Crippen molar-refractivity contribution in [1.29, 1.82) is 0 Å². The van der Waals surface area contributed by atoms with E-state index in [0.29, 0.717) is 12.8 Å². The number of aliphatic hydroxyl groups excluding tert-OH is 7. The van der Waals surface area contributed by atoms with Crippen molar-refractivity contribution < 1.29 is 59.8 Å². The molecule has 0 amide bonds. The lowest BCUT2D eigenvalue weighted by molar-refractivity contribution is -0.277. The van der Waals surface area contributed by atoms with Crippen molar-refractivity contribution in [2.45, 2.75) is 55.8 Å². The highest BCUT2D eigenvalue weighted by atomic mass is 16.7. The van der Waals surface area contributed by atoms with Crippen LogP contribution in [0.1, 0.15) is 23.7 Å². The summed E-state index contributed by atoms with van der Waals surface area (Å²) < 4.78 is 21.9. The second kappa shape index (κ2) is 13.2. The van der Waals surface area contributed by atoms with Crippen molar-refractivity contribution in [3.8, 4) is 23.0 Å². The van der Waals surface area contributed by atoms with E-state index in [9.17, 15) is 35.7 Å². The van der Waals surface area contributed by atoms with E-state index in [2.05, 4.69) is 0 Å².